The summed E-state index contributed by atoms with van der Waals surface area (Å²) >= 11 is 1.63. The Morgan fingerprint density at radius 3 is 2.67 bits per heavy atom. The Labute approximate surface area is 111 Å². The lowest BCUT2D eigenvalue weighted by Gasteiger charge is -2.16. The van der Waals surface area contributed by atoms with Gasteiger partial charge in [0.25, 0.3) is 0 Å². The first-order chi connectivity index (χ1) is 8.59. The molecule has 0 bridgehead atoms. The monoisotopic (exact) mass is 272 g/mol. The van der Waals surface area contributed by atoms with E-state index in [2.05, 4.69) is 0 Å². The minimum absolute atomic E-state index is 0.180. The van der Waals surface area contributed by atoms with Crippen molar-refractivity contribution in [3.8, 4) is 0 Å². The quantitative estimate of drug-likeness (QED) is 0.894. The molecule has 1 unspecified atom stereocenters. The van der Waals surface area contributed by atoms with E-state index >= 15 is 0 Å². The van der Waals surface area contributed by atoms with Crippen LogP contribution in [0.25, 0.3) is 0 Å². The Morgan fingerprint density at radius 2 is 2.00 bits per heavy atom. The number of thioether (sulfide) groups is 1. The maximum Gasteiger partial charge on any atom is 0.134 e. The first-order valence-electron chi connectivity index (χ1n) is 6.33. The summed E-state index contributed by atoms with van der Waals surface area (Å²) in [5, 5.41) is 10.5. The summed E-state index contributed by atoms with van der Waals surface area (Å²) in [6.45, 7) is 1.58. The van der Waals surface area contributed by atoms with Crippen LogP contribution in [0, 0.1) is 18.6 Å². The summed E-state index contributed by atoms with van der Waals surface area (Å²) in [6, 6.07) is 2.61. The van der Waals surface area contributed by atoms with Gasteiger partial charge in [0.1, 0.15) is 11.6 Å². The highest BCUT2D eigenvalue weighted by atomic mass is 32.2. The Balaban J connectivity index is 2.03. The van der Waals surface area contributed by atoms with Crippen LogP contribution in [0.3, 0.4) is 0 Å². The van der Waals surface area contributed by atoms with Crippen LogP contribution < -0.4 is 0 Å². The highest BCUT2D eigenvalue weighted by Gasteiger charge is 2.22. The molecule has 1 N–H and O–H groups in total. The van der Waals surface area contributed by atoms with E-state index in [9.17, 15) is 13.9 Å². The van der Waals surface area contributed by atoms with Crippen molar-refractivity contribution < 1.29 is 13.9 Å². The predicted molar refractivity (Wildman–Crippen MR) is 70.8 cm³/mol. The molecule has 1 nitrogen and oxygen atoms in total. The lowest BCUT2D eigenvalue weighted by molar-refractivity contribution is 0.193. The van der Waals surface area contributed by atoms with E-state index < -0.39 is 17.7 Å². The second-order valence-corrected chi connectivity index (χ2v) is 6.18. The Hall–Kier alpha value is -0.610. The van der Waals surface area contributed by atoms with Gasteiger partial charge in [-0.15, -0.1) is 0 Å². The van der Waals surface area contributed by atoms with Crippen molar-refractivity contribution in [1.82, 2.24) is 0 Å². The summed E-state index contributed by atoms with van der Waals surface area (Å²) in [7, 11) is 0. The minimum atomic E-state index is -1.06. The van der Waals surface area contributed by atoms with Crippen LogP contribution in [0.15, 0.2) is 12.1 Å². The van der Waals surface area contributed by atoms with Gasteiger partial charge in [-0.3, -0.25) is 0 Å². The van der Waals surface area contributed by atoms with Crippen molar-refractivity contribution in [1.29, 1.82) is 0 Å². The van der Waals surface area contributed by atoms with Gasteiger partial charge in [-0.1, -0.05) is 18.9 Å². The summed E-state index contributed by atoms with van der Waals surface area (Å²) in [6.07, 6.45) is 3.68. The molecule has 0 amide bonds. The highest BCUT2D eigenvalue weighted by Crippen LogP contribution is 2.33. The zero-order valence-electron chi connectivity index (χ0n) is 10.5. The summed E-state index contributed by atoms with van der Waals surface area (Å²) in [4.78, 5) is 0. The van der Waals surface area contributed by atoms with Crippen LogP contribution in [0.2, 0.25) is 0 Å². The third-order valence-electron chi connectivity index (χ3n) is 3.44. The minimum Gasteiger partial charge on any atom is -0.387 e. The number of benzene rings is 1. The molecule has 1 fully saturated rings. The molecule has 0 aromatic heterocycles. The fourth-order valence-corrected chi connectivity index (χ4v) is 3.64. The molecule has 0 heterocycles. The van der Waals surface area contributed by atoms with Crippen LogP contribution >= 0.6 is 11.8 Å². The fraction of sp³-hybridized carbons (Fsp3) is 0.571. The standard InChI is InChI=1S/C14H18F2OS/c1-9-6-7-11(15)13(14(9)16)12(17)8-18-10-4-2-3-5-10/h6-7,10,12,17H,2-5,8H2,1H3. The molecule has 1 aromatic carbocycles. The lowest BCUT2D eigenvalue weighted by Crippen LogP contribution is -2.10. The van der Waals surface area contributed by atoms with Crippen LogP contribution in [0.4, 0.5) is 8.78 Å². The first-order valence-corrected chi connectivity index (χ1v) is 7.38. The molecule has 1 aromatic rings. The number of hydrogen-bond acceptors (Lipinski definition) is 2. The molecule has 1 atom stereocenters. The normalized spacial score (nSPS) is 18.2. The van der Waals surface area contributed by atoms with E-state index in [4.69, 9.17) is 0 Å². The van der Waals surface area contributed by atoms with Crippen LogP contribution in [0.1, 0.15) is 42.9 Å². The molecule has 0 aliphatic heterocycles. The summed E-state index contributed by atoms with van der Waals surface area (Å²) < 4.78 is 27.4. The number of aliphatic hydroxyl groups is 1. The van der Waals surface area contributed by atoms with Crippen molar-refractivity contribution in [2.75, 3.05) is 5.75 Å². The molecule has 0 radical (unpaired) electrons. The fourth-order valence-electron chi connectivity index (χ4n) is 2.35. The average Bonchev–Trinajstić information content (AvgIpc) is 2.85. The molecular weight excluding hydrogens is 254 g/mol. The van der Waals surface area contributed by atoms with Gasteiger partial charge in [-0.05, 0) is 31.4 Å². The van der Waals surface area contributed by atoms with Crippen LogP contribution in [0.5, 0.6) is 0 Å². The zero-order valence-corrected chi connectivity index (χ0v) is 11.3. The molecule has 0 saturated heterocycles. The molecular formula is C14H18F2OS. The van der Waals surface area contributed by atoms with Crippen molar-refractivity contribution >= 4 is 11.8 Å². The van der Waals surface area contributed by atoms with Gasteiger partial charge in [0.05, 0.1) is 11.7 Å². The second-order valence-electron chi connectivity index (χ2n) is 4.85. The largest absolute Gasteiger partial charge is 0.387 e. The highest BCUT2D eigenvalue weighted by molar-refractivity contribution is 7.99. The molecule has 2 rings (SSSR count). The van der Waals surface area contributed by atoms with Gasteiger partial charge in [0.15, 0.2) is 0 Å². The maximum atomic E-state index is 13.8. The van der Waals surface area contributed by atoms with E-state index in [0.29, 0.717) is 16.6 Å². The zero-order chi connectivity index (χ0) is 13.1. The molecule has 1 aliphatic rings. The maximum absolute atomic E-state index is 13.8. The molecule has 1 saturated carbocycles. The van der Waals surface area contributed by atoms with E-state index in [1.54, 1.807) is 18.7 Å². The first kappa shape index (κ1) is 13.8. The smallest absolute Gasteiger partial charge is 0.134 e. The Kier molecular flexibility index (Phi) is 4.62. The average molecular weight is 272 g/mol. The topological polar surface area (TPSA) is 20.2 Å². The SMILES string of the molecule is Cc1ccc(F)c(C(O)CSC2CCCC2)c1F. The van der Waals surface area contributed by atoms with Gasteiger partial charge in [-0.2, -0.15) is 11.8 Å². The molecule has 1 aliphatic carbocycles. The van der Waals surface area contributed by atoms with Gasteiger partial charge in [0, 0.05) is 11.0 Å². The van der Waals surface area contributed by atoms with Gasteiger partial charge >= 0.3 is 0 Å². The van der Waals surface area contributed by atoms with Crippen molar-refractivity contribution in [3.63, 3.8) is 0 Å². The Bertz CT molecular complexity index is 417. The van der Waals surface area contributed by atoms with Gasteiger partial charge in [0.2, 0.25) is 0 Å². The summed E-state index contributed by atoms with van der Waals surface area (Å²) in [5.74, 6) is -0.908. The van der Waals surface area contributed by atoms with E-state index in [1.807, 2.05) is 0 Å². The van der Waals surface area contributed by atoms with Crippen molar-refractivity contribution in [3.05, 3.63) is 34.9 Å². The van der Waals surface area contributed by atoms with Gasteiger partial charge in [-0.25, -0.2) is 8.78 Å². The third-order valence-corrected chi connectivity index (χ3v) is 4.90. The summed E-state index contributed by atoms with van der Waals surface area (Å²) in [5.41, 5.74) is 0.191. The van der Waals surface area contributed by atoms with Crippen molar-refractivity contribution in [2.45, 2.75) is 44.0 Å². The number of halogens is 2. The molecule has 0 spiro atoms. The van der Waals surface area contributed by atoms with E-state index in [1.165, 1.54) is 25.0 Å². The van der Waals surface area contributed by atoms with Crippen molar-refractivity contribution in [2.24, 2.45) is 0 Å². The van der Waals surface area contributed by atoms with E-state index in [-0.39, 0.29) is 5.56 Å². The molecule has 4 heteroatoms. The number of hydrogen-bond donors (Lipinski definition) is 1. The van der Waals surface area contributed by atoms with Gasteiger partial charge < -0.3 is 5.11 Å². The Morgan fingerprint density at radius 1 is 1.33 bits per heavy atom. The van der Waals surface area contributed by atoms with Crippen LogP contribution in [-0.2, 0) is 0 Å². The third kappa shape index (κ3) is 3.04. The molecule has 100 valence electrons. The second kappa shape index (κ2) is 6.02. The number of aliphatic hydroxyl groups excluding tert-OH is 1. The van der Waals surface area contributed by atoms with E-state index in [0.717, 1.165) is 12.8 Å². The predicted octanol–water partition coefficient (Wildman–Crippen LogP) is 3.98. The number of aryl methyl sites for hydroxylation is 1. The molecule has 18 heavy (non-hydrogen) atoms. The van der Waals surface area contributed by atoms with Crippen LogP contribution in [-0.4, -0.2) is 16.1 Å². The number of rotatable bonds is 4. The lowest BCUT2D eigenvalue weighted by atomic mass is 10.1.